The summed E-state index contributed by atoms with van der Waals surface area (Å²) in [6.07, 6.45) is 7.16. The Morgan fingerprint density at radius 2 is 2.24 bits per heavy atom. The van der Waals surface area contributed by atoms with Crippen LogP contribution in [-0.2, 0) is 17.6 Å². The molecule has 5 nitrogen and oxygen atoms in total. The molecule has 0 spiro atoms. The first-order valence-electron chi connectivity index (χ1n) is 8.67. The number of carbonyl (C=O) groups is 2. The van der Waals surface area contributed by atoms with Crippen LogP contribution in [0.3, 0.4) is 0 Å². The molecule has 0 aromatic carbocycles. The third kappa shape index (κ3) is 3.74. The molecule has 0 radical (unpaired) electrons. The lowest BCUT2D eigenvalue weighted by Crippen LogP contribution is -2.17. The summed E-state index contributed by atoms with van der Waals surface area (Å²) in [4.78, 5) is 30.1. The van der Waals surface area contributed by atoms with Crippen molar-refractivity contribution in [1.82, 2.24) is 4.98 Å². The van der Waals surface area contributed by atoms with Crippen LogP contribution in [0, 0.1) is 5.92 Å². The van der Waals surface area contributed by atoms with Gasteiger partial charge in [0.15, 0.2) is 0 Å². The molecule has 1 amide bonds. The number of aromatic nitrogens is 1. The molecule has 0 bridgehead atoms. The Bertz CT molecular complexity index is 770. The lowest BCUT2D eigenvalue weighted by atomic mass is 9.85. The van der Waals surface area contributed by atoms with Crippen molar-refractivity contribution in [2.24, 2.45) is 5.92 Å². The van der Waals surface area contributed by atoms with E-state index in [0.717, 1.165) is 31.2 Å². The van der Waals surface area contributed by atoms with Crippen molar-refractivity contribution in [2.75, 3.05) is 11.9 Å². The average molecular weight is 358 g/mol. The van der Waals surface area contributed by atoms with Crippen LogP contribution in [0.2, 0.25) is 0 Å². The molecule has 6 heteroatoms. The zero-order valence-corrected chi connectivity index (χ0v) is 15.3. The number of fused-ring (bicyclic) bond motifs is 1. The van der Waals surface area contributed by atoms with Gasteiger partial charge in [-0.3, -0.25) is 9.78 Å². The molecule has 2 aromatic heterocycles. The molecule has 1 aliphatic rings. The van der Waals surface area contributed by atoms with E-state index in [1.54, 1.807) is 25.3 Å². The van der Waals surface area contributed by atoms with Crippen LogP contribution in [0.5, 0.6) is 0 Å². The Balaban J connectivity index is 1.93. The number of amides is 1. The molecular weight excluding hydrogens is 336 g/mol. The van der Waals surface area contributed by atoms with Crippen molar-refractivity contribution in [3.63, 3.8) is 0 Å². The number of rotatable bonds is 5. The quantitative estimate of drug-likeness (QED) is 0.818. The predicted molar refractivity (Wildman–Crippen MR) is 98.3 cm³/mol. The highest BCUT2D eigenvalue weighted by atomic mass is 32.1. The smallest absolute Gasteiger partial charge is 0.341 e. The number of hydrogen-bond acceptors (Lipinski definition) is 5. The number of nitrogens with zero attached hydrogens (tertiary/aromatic N) is 1. The van der Waals surface area contributed by atoms with Crippen molar-refractivity contribution < 1.29 is 14.3 Å². The van der Waals surface area contributed by atoms with Gasteiger partial charge in [0, 0.05) is 17.3 Å². The Labute approximate surface area is 151 Å². The molecule has 1 aliphatic carbocycles. The third-order valence-corrected chi connectivity index (χ3v) is 5.74. The predicted octanol–water partition coefficient (Wildman–Crippen LogP) is 4.09. The second kappa shape index (κ2) is 7.78. The van der Waals surface area contributed by atoms with Crippen molar-refractivity contribution in [1.29, 1.82) is 0 Å². The monoisotopic (exact) mass is 358 g/mol. The van der Waals surface area contributed by atoms with E-state index in [9.17, 15) is 9.59 Å². The number of hydrogen-bond donors (Lipinski definition) is 1. The van der Waals surface area contributed by atoms with Gasteiger partial charge in [-0.2, -0.15) is 0 Å². The van der Waals surface area contributed by atoms with E-state index < -0.39 is 0 Å². The number of carbonyl (C=O) groups excluding carboxylic acids is 2. The van der Waals surface area contributed by atoms with E-state index in [4.69, 9.17) is 4.74 Å². The number of esters is 1. The molecule has 3 rings (SSSR count). The van der Waals surface area contributed by atoms with Crippen LogP contribution in [0.1, 0.15) is 57.8 Å². The molecular formula is C19H22N2O3S. The van der Waals surface area contributed by atoms with E-state index in [-0.39, 0.29) is 11.9 Å². The Hall–Kier alpha value is -2.21. The van der Waals surface area contributed by atoms with Gasteiger partial charge in [0.2, 0.25) is 0 Å². The van der Waals surface area contributed by atoms with Crippen LogP contribution in [0.15, 0.2) is 24.5 Å². The van der Waals surface area contributed by atoms with Gasteiger partial charge < -0.3 is 10.1 Å². The number of ether oxygens (including phenoxy) is 1. The summed E-state index contributed by atoms with van der Waals surface area (Å²) in [7, 11) is 0. The van der Waals surface area contributed by atoms with Crippen molar-refractivity contribution in [3.05, 3.63) is 46.1 Å². The van der Waals surface area contributed by atoms with Crippen LogP contribution in [0.4, 0.5) is 5.00 Å². The SMILES string of the molecule is CCOC(=O)c1c(NC(=O)c2cccnc2)sc2c1CCC(CC)C2. The molecule has 0 saturated heterocycles. The molecule has 0 saturated carbocycles. The fourth-order valence-corrected chi connectivity index (χ4v) is 4.53. The summed E-state index contributed by atoms with van der Waals surface area (Å²) in [6.45, 7) is 4.30. The first-order valence-corrected chi connectivity index (χ1v) is 9.48. The largest absolute Gasteiger partial charge is 0.462 e. The van der Waals surface area contributed by atoms with E-state index >= 15 is 0 Å². The maximum Gasteiger partial charge on any atom is 0.341 e. The van der Waals surface area contributed by atoms with Gasteiger partial charge in [0.25, 0.3) is 5.91 Å². The summed E-state index contributed by atoms with van der Waals surface area (Å²) in [6, 6.07) is 3.42. The molecule has 25 heavy (non-hydrogen) atoms. The van der Waals surface area contributed by atoms with Gasteiger partial charge in [0.1, 0.15) is 5.00 Å². The molecule has 1 atom stereocenters. The number of pyridine rings is 1. The number of thiophene rings is 1. The average Bonchev–Trinajstić information content (AvgIpc) is 2.99. The first kappa shape index (κ1) is 17.6. The highest BCUT2D eigenvalue weighted by Crippen LogP contribution is 2.41. The zero-order valence-electron chi connectivity index (χ0n) is 14.5. The first-order chi connectivity index (χ1) is 12.1. The van der Waals surface area contributed by atoms with Crippen molar-refractivity contribution >= 4 is 28.2 Å². The third-order valence-electron chi connectivity index (χ3n) is 4.58. The second-order valence-electron chi connectivity index (χ2n) is 6.14. The normalized spacial score (nSPS) is 16.2. The summed E-state index contributed by atoms with van der Waals surface area (Å²) in [5.41, 5.74) is 2.05. The minimum atomic E-state index is -0.351. The van der Waals surface area contributed by atoms with Gasteiger partial charge in [-0.25, -0.2) is 4.79 Å². The molecule has 1 N–H and O–H groups in total. The maximum atomic E-state index is 12.5. The number of anilines is 1. The zero-order chi connectivity index (χ0) is 17.8. The van der Waals surface area contributed by atoms with E-state index in [1.807, 2.05) is 0 Å². The lowest BCUT2D eigenvalue weighted by Gasteiger charge is -2.20. The Morgan fingerprint density at radius 3 is 2.92 bits per heavy atom. The Morgan fingerprint density at radius 1 is 1.40 bits per heavy atom. The summed E-state index contributed by atoms with van der Waals surface area (Å²) in [5.74, 6) is 0.0313. The highest BCUT2D eigenvalue weighted by Gasteiger charge is 2.29. The molecule has 132 valence electrons. The van der Waals surface area contributed by atoms with Crippen LogP contribution < -0.4 is 5.32 Å². The summed E-state index contributed by atoms with van der Waals surface area (Å²) >= 11 is 1.51. The fourth-order valence-electron chi connectivity index (χ4n) is 3.18. The maximum absolute atomic E-state index is 12.5. The summed E-state index contributed by atoms with van der Waals surface area (Å²) in [5, 5.41) is 3.49. The van der Waals surface area contributed by atoms with Gasteiger partial charge >= 0.3 is 5.97 Å². The van der Waals surface area contributed by atoms with Gasteiger partial charge in [0.05, 0.1) is 17.7 Å². The van der Waals surface area contributed by atoms with Crippen LogP contribution in [-0.4, -0.2) is 23.5 Å². The minimum Gasteiger partial charge on any atom is -0.462 e. The highest BCUT2D eigenvalue weighted by molar-refractivity contribution is 7.17. The lowest BCUT2D eigenvalue weighted by molar-refractivity contribution is 0.0526. The van der Waals surface area contributed by atoms with E-state index in [0.29, 0.717) is 28.7 Å². The molecule has 0 aliphatic heterocycles. The van der Waals surface area contributed by atoms with Crippen LogP contribution in [0.25, 0.3) is 0 Å². The van der Waals surface area contributed by atoms with Crippen molar-refractivity contribution in [2.45, 2.75) is 39.5 Å². The minimum absolute atomic E-state index is 0.260. The number of nitrogens with one attached hydrogen (secondary N) is 1. The van der Waals surface area contributed by atoms with E-state index in [1.165, 1.54) is 22.4 Å². The standard InChI is InChI=1S/C19H22N2O3S/c1-3-12-7-8-14-15(10-12)25-18(16(14)19(23)24-4-2)21-17(22)13-6-5-9-20-11-13/h5-6,9,11-12H,3-4,7-8,10H2,1-2H3,(H,21,22). The summed E-state index contributed by atoms with van der Waals surface area (Å²) < 4.78 is 5.24. The van der Waals surface area contributed by atoms with Gasteiger partial charge in [-0.05, 0) is 49.8 Å². The van der Waals surface area contributed by atoms with E-state index in [2.05, 4.69) is 17.2 Å². The fraction of sp³-hybridized carbons (Fsp3) is 0.421. The second-order valence-corrected chi connectivity index (χ2v) is 7.25. The van der Waals surface area contributed by atoms with Gasteiger partial charge in [-0.1, -0.05) is 13.3 Å². The Kier molecular flexibility index (Phi) is 5.48. The topological polar surface area (TPSA) is 68.3 Å². The van der Waals surface area contributed by atoms with Crippen LogP contribution >= 0.6 is 11.3 Å². The molecule has 0 fully saturated rings. The molecule has 2 aromatic rings. The van der Waals surface area contributed by atoms with Crippen molar-refractivity contribution in [3.8, 4) is 0 Å². The molecule has 2 heterocycles. The molecule has 1 unspecified atom stereocenters. The van der Waals surface area contributed by atoms with Gasteiger partial charge in [-0.15, -0.1) is 11.3 Å².